The van der Waals surface area contributed by atoms with Gasteiger partial charge in [-0.05, 0) is 19.1 Å². The molecular weight excluding hydrogens is 356 g/mol. The maximum atomic E-state index is 12.1. The number of hydrogen-bond donors (Lipinski definition) is 2. The fourth-order valence-corrected chi connectivity index (χ4v) is 3.23. The van der Waals surface area contributed by atoms with Crippen LogP contribution in [-0.2, 0) is 24.3 Å². The lowest BCUT2D eigenvalue weighted by Gasteiger charge is -2.15. The van der Waals surface area contributed by atoms with Gasteiger partial charge in [-0.1, -0.05) is 48.0 Å². The summed E-state index contributed by atoms with van der Waals surface area (Å²) < 4.78 is 31.7. The third kappa shape index (κ3) is 5.40. The molecule has 138 valence electrons. The van der Waals surface area contributed by atoms with Crippen molar-refractivity contribution in [2.45, 2.75) is 24.3 Å². The molecule has 2 aromatic rings. The van der Waals surface area contributed by atoms with E-state index in [1.54, 1.807) is 42.5 Å². The monoisotopic (exact) mass is 376 g/mol. The Morgan fingerprint density at radius 1 is 1.08 bits per heavy atom. The normalized spacial score (nSPS) is 12.3. The molecule has 3 N–H and O–H groups in total. The largest absolute Gasteiger partial charge is 0.447 e. The third-order valence-electron chi connectivity index (χ3n) is 3.56. The summed E-state index contributed by atoms with van der Waals surface area (Å²) in [5, 5.41) is 0. The lowest BCUT2D eigenvalue weighted by atomic mass is 10.1. The highest BCUT2D eigenvalue weighted by Gasteiger charge is 2.22. The Kier molecular flexibility index (Phi) is 6.48. The molecule has 0 aliphatic carbocycles. The Hall–Kier alpha value is -2.71. The molecule has 0 saturated carbocycles. The second-order valence-corrected chi connectivity index (χ2v) is 7.41. The number of esters is 1. The summed E-state index contributed by atoms with van der Waals surface area (Å²) in [6.07, 6.45) is -1.45. The number of amides is 1. The van der Waals surface area contributed by atoms with Crippen molar-refractivity contribution in [1.82, 2.24) is 4.72 Å². The van der Waals surface area contributed by atoms with Gasteiger partial charge in [0.1, 0.15) is 0 Å². The van der Waals surface area contributed by atoms with Crippen LogP contribution in [0.4, 0.5) is 0 Å². The summed E-state index contributed by atoms with van der Waals surface area (Å²) in [6.45, 7) is 1.69. The van der Waals surface area contributed by atoms with Crippen LogP contribution in [-0.4, -0.2) is 26.8 Å². The predicted octanol–water partition coefficient (Wildman–Crippen LogP) is 1.43. The Labute approximate surface area is 152 Å². The molecule has 1 atom stereocenters. The van der Waals surface area contributed by atoms with E-state index in [9.17, 15) is 18.0 Å². The van der Waals surface area contributed by atoms with Gasteiger partial charge in [0.25, 0.3) is 5.91 Å². The highest BCUT2D eigenvalue weighted by Crippen LogP contribution is 2.17. The summed E-state index contributed by atoms with van der Waals surface area (Å²) in [6, 6.07) is 14.7. The molecule has 0 radical (unpaired) electrons. The lowest BCUT2D eigenvalue weighted by Crippen LogP contribution is -2.29. The van der Waals surface area contributed by atoms with Crippen molar-refractivity contribution in [2.75, 3.05) is 6.54 Å². The van der Waals surface area contributed by atoms with E-state index in [0.29, 0.717) is 5.56 Å². The van der Waals surface area contributed by atoms with Crippen LogP contribution < -0.4 is 10.5 Å². The predicted molar refractivity (Wildman–Crippen MR) is 95.5 cm³/mol. The van der Waals surface area contributed by atoms with Crippen molar-refractivity contribution in [3.05, 3.63) is 65.7 Å². The number of carbonyl (C=O) groups excluding carboxylic acids is 2. The number of primary amides is 1. The molecule has 2 rings (SSSR count). The van der Waals surface area contributed by atoms with Crippen LogP contribution in [0.25, 0.3) is 0 Å². The second kappa shape index (κ2) is 8.59. The number of ether oxygens (including phenoxy) is 1. The zero-order valence-electron chi connectivity index (χ0n) is 14.2. The number of carbonyl (C=O) groups is 2. The van der Waals surface area contributed by atoms with Gasteiger partial charge in [0.15, 0.2) is 0 Å². The number of nitrogens with one attached hydrogen (secondary N) is 1. The van der Waals surface area contributed by atoms with Crippen LogP contribution in [0.1, 0.15) is 23.7 Å². The Bertz CT molecular complexity index is 864. The van der Waals surface area contributed by atoms with Gasteiger partial charge in [0.2, 0.25) is 16.1 Å². The Balaban J connectivity index is 1.91. The second-order valence-electron chi connectivity index (χ2n) is 5.64. The standard InChI is InChI=1S/C18H20N2O5S/c1-13-7-9-15(10-8-13)26(23,24)20-12-11-16(21)25-17(18(19)22)14-5-3-2-4-6-14/h2-10,17,20H,11-12H2,1H3,(H2,19,22). The van der Waals surface area contributed by atoms with Gasteiger partial charge >= 0.3 is 5.97 Å². The lowest BCUT2D eigenvalue weighted by molar-refractivity contribution is -0.155. The van der Waals surface area contributed by atoms with E-state index in [0.717, 1.165) is 5.56 Å². The zero-order chi connectivity index (χ0) is 19.2. The number of hydrogen-bond acceptors (Lipinski definition) is 5. The molecule has 8 heteroatoms. The number of sulfonamides is 1. The molecule has 0 spiro atoms. The maximum Gasteiger partial charge on any atom is 0.308 e. The molecule has 7 nitrogen and oxygen atoms in total. The van der Waals surface area contributed by atoms with E-state index < -0.39 is 28.0 Å². The SMILES string of the molecule is Cc1ccc(S(=O)(=O)NCCC(=O)OC(C(N)=O)c2ccccc2)cc1. The number of benzene rings is 2. The quantitative estimate of drug-likeness (QED) is 0.676. The van der Waals surface area contributed by atoms with E-state index in [1.807, 2.05) is 6.92 Å². The molecule has 1 unspecified atom stereocenters. The maximum absolute atomic E-state index is 12.1. The smallest absolute Gasteiger partial charge is 0.308 e. The average molecular weight is 376 g/mol. The molecule has 0 aliphatic heterocycles. The van der Waals surface area contributed by atoms with Crippen LogP contribution in [0.2, 0.25) is 0 Å². The highest BCUT2D eigenvalue weighted by molar-refractivity contribution is 7.89. The summed E-state index contributed by atoms with van der Waals surface area (Å²) in [7, 11) is -3.72. The van der Waals surface area contributed by atoms with Crippen molar-refractivity contribution in [1.29, 1.82) is 0 Å². The van der Waals surface area contributed by atoms with Crippen molar-refractivity contribution < 1.29 is 22.7 Å². The number of nitrogens with two attached hydrogens (primary N) is 1. The first-order chi connectivity index (χ1) is 12.3. The number of rotatable bonds is 8. The Morgan fingerprint density at radius 2 is 1.69 bits per heavy atom. The van der Waals surface area contributed by atoms with Gasteiger partial charge in [-0.2, -0.15) is 0 Å². The first-order valence-electron chi connectivity index (χ1n) is 7.89. The zero-order valence-corrected chi connectivity index (χ0v) is 15.0. The van der Waals surface area contributed by atoms with Crippen LogP contribution in [0.5, 0.6) is 0 Å². The van der Waals surface area contributed by atoms with E-state index in [2.05, 4.69) is 4.72 Å². The van der Waals surface area contributed by atoms with E-state index >= 15 is 0 Å². The fraction of sp³-hybridized carbons (Fsp3) is 0.222. The van der Waals surface area contributed by atoms with Crippen LogP contribution in [0.3, 0.4) is 0 Å². The highest BCUT2D eigenvalue weighted by atomic mass is 32.2. The van der Waals surface area contributed by atoms with E-state index in [-0.39, 0.29) is 17.9 Å². The minimum atomic E-state index is -3.72. The molecule has 0 fully saturated rings. The third-order valence-corrected chi connectivity index (χ3v) is 5.04. The minimum absolute atomic E-state index is 0.107. The van der Waals surface area contributed by atoms with Gasteiger partial charge in [-0.25, -0.2) is 13.1 Å². The van der Waals surface area contributed by atoms with Crippen molar-refractivity contribution in [3.63, 3.8) is 0 Å². The average Bonchev–Trinajstić information content (AvgIpc) is 2.60. The van der Waals surface area contributed by atoms with Crippen LogP contribution >= 0.6 is 0 Å². The first kappa shape index (κ1) is 19.6. The summed E-state index contributed by atoms with van der Waals surface area (Å²) >= 11 is 0. The molecule has 26 heavy (non-hydrogen) atoms. The Morgan fingerprint density at radius 3 is 2.27 bits per heavy atom. The number of aryl methyl sites for hydroxylation is 1. The van der Waals surface area contributed by atoms with Gasteiger partial charge in [0, 0.05) is 12.1 Å². The first-order valence-corrected chi connectivity index (χ1v) is 9.38. The molecule has 0 bridgehead atoms. The van der Waals surface area contributed by atoms with Crippen molar-refractivity contribution in [3.8, 4) is 0 Å². The van der Waals surface area contributed by atoms with Gasteiger partial charge in [0.05, 0.1) is 11.3 Å². The molecule has 0 aromatic heterocycles. The molecule has 1 amide bonds. The molecule has 0 saturated heterocycles. The van der Waals surface area contributed by atoms with Crippen LogP contribution in [0.15, 0.2) is 59.5 Å². The summed E-state index contributed by atoms with van der Waals surface area (Å²) in [5.74, 6) is -1.53. The van der Waals surface area contributed by atoms with Crippen LogP contribution in [0, 0.1) is 6.92 Å². The van der Waals surface area contributed by atoms with Gasteiger partial charge < -0.3 is 10.5 Å². The van der Waals surface area contributed by atoms with Crippen molar-refractivity contribution >= 4 is 21.9 Å². The minimum Gasteiger partial charge on any atom is -0.447 e. The summed E-state index contributed by atoms with van der Waals surface area (Å²) in [5.41, 5.74) is 6.66. The molecule has 0 heterocycles. The van der Waals surface area contributed by atoms with Gasteiger partial charge in [-0.3, -0.25) is 9.59 Å². The van der Waals surface area contributed by atoms with Crippen molar-refractivity contribution in [2.24, 2.45) is 5.73 Å². The molecule has 0 aliphatic rings. The van der Waals surface area contributed by atoms with E-state index in [1.165, 1.54) is 12.1 Å². The molecule has 2 aromatic carbocycles. The summed E-state index contributed by atoms with van der Waals surface area (Å²) in [4.78, 5) is 23.6. The topological polar surface area (TPSA) is 116 Å². The van der Waals surface area contributed by atoms with Gasteiger partial charge in [-0.15, -0.1) is 0 Å². The fourth-order valence-electron chi connectivity index (χ4n) is 2.20. The van der Waals surface area contributed by atoms with E-state index in [4.69, 9.17) is 10.5 Å². The molecular formula is C18H20N2O5S.